The molecule has 0 spiro atoms. The Balaban J connectivity index is 1.06. The van der Waals surface area contributed by atoms with Crippen LogP contribution in [0.3, 0.4) is 0 Å². The van der Waals surface area contributed by atoms with Crippen molar-refractivity contribution in [1.82, 2.24) is 33.4 Å². The number of likely N-dealkylation sites (tertiary alicyclic amines) is 1. The molecule has 0 aliphatic carbocycles. The van der Waals surface area contributed by atoms with Crippen molar-refractivity contribution in [3.8, 4) is 6.07 Å². The van der Waals surface area contributed by atoms with Crippen molar-refractivity contribution in [2.45, 2.75) is 64.5 Å². The fraction of sp³-hybridized carbons (Fsp3) is 0.545. The number of thiophene rings is 1. The molecule has 0 saturated carbocycles. The van der Waals surface area contributed by atoms with E-state index < -0.39 is 22.8 Å². The van der Waals surface area contributed by atoms with Gasteiger partial charge in [0, 0.05) is 86.8 Å². The number of piperazine rings is 1. The van der Waals surface area contributed by atoms with Gasteiger partial charge in [0.25, 0.3) is 10.2 Å². The summed E-state index contributed by atoms with van der Waals surface area (Å²) in [7, 11) is -3.62. The third kappa shape index (κ3) is 8.23. The van der Waals surface area contributed by atoms with E-state index in [9.17, 15) is 26.9 Å². The number of alkyl halides is 3. The normalized spacial score (nSPS) is 18.2. The molecule has 4 aromatic rings. The molecule has 2 fully saturated rings. The van der Waals surface area contributed by atoms with E-state index in [-0.39, 0.29) is 30.1 Å². The first kappa shape index (κ1) is 36.4. The van der Waals surface area contributed by atoms with Gasteiger partial charge in [-0.25, -0.2) is 9.97 Å². The Bertz CT molecular complexity index is 1960. The average Bonchev–Trinajstić information content (AvgIpc) is 3.66. The Morgan fingerprint density at radius 1 is 1.10 bits per heavy atom. The summed E-state index contributed by atoms with van der Waals surface area (Å²) in [5.74, 6) is 0.577. The lowest BCUT2D eigenvalue weighted by atomic mass is 10.0. The van der Waals surface area contributed by atoms with Crippen LogP contribution in [0.1, 0.15) is 41.5 Å². The topological polar surface area (TPSA) is 143 Å². The summed E-state index contributed by atoms with van der Waals surface area (Å²) in [5, 5.41) is 24.2. The maximum atomic E-state index is 13.0. The molecule has 2 saturated heterocycles. The highest BCUT2D eigenvalue weighted by Gasteiger charge is 2.31. The van der Waals surface area contributed by atoms with Crippen molar-refractivity contribution in [3.63, 3.8) is 0 Å². The Labute approximate surface area is 293 Å². The van der Waals surface area contributed by atoms with Crippen LogP contribution in [0.25, 0.3) is 21.1 Å². The number of nitriles is 1. The monoisotopic (exact) mass is 733 g/mol. The van der Waals surface area contributed by atoms with E-state index in [2.05, 4.69) is 66.4 Å². The van der Waals surface area contributed by atoms with E-state index >= 15 is 0 Å². The summed E-state index contributed by atoms with van der Waals surface area (Å²) in [6.45, 7) is 8.81. The minimum atomic E-state index is -4.27. The fourth-order valence-corrected chi connectivity index (χ4v) is 9.19. The predicted octanol–water partition coefficient (Wildman–Crippen LogP) is 3.84. The number of hydrogen-bond donors (Lipinski definition) is 3. The highest BCUT2D eigenvalue weighted by molar-refractivity contribution is 7.87. The number of aryl methyl sites for hydroxylation is 1. The molecule has 3 N–H and O–H groups in total. The van der Waals surface area contributed by atoms with Crippen LogP contribution < -0.4 is 10.0 Å². The van der Waals surface area contributed by atoms with Crippen LogP contribution in [0.5, 0.6) is 0 Å². The smallest absolute Gasteiger partial charge is 0.393 e. The standard InChI is InChI=1S/C33H42F3N9O3S2/c1-22(43-10-12-44(13-11-43)50(47,48)40-7-14-46)19-45-26(18-37)15-28-23(2)24(3-4-30(28)45)20-42-8-5-25(6-9-42)41-31-29-16-27(17-33(34,35)36)49-32(29)39-21-38-31/h3-4,15-16,21-22,25,40,46H,5-14,17,19-20H2,1-2H3,(H,38,39,41)/t22-/m0/s1. The van der Waals surface area contributed by atoms with Crippen molar-refractivity contribution < 1.29 is 26.7 Å². The zero-order valence-electron chi connectivity index (χ0n) is 28.1. The number of aliphatic hydroxyl groups excluding tert-OH is 1. The third-order valence-electron chi connectivity index (χ3n) is 9.74. The first-order chi connectivity index (χ1) is 23.8. The molecule has 12 nitrogen and oxygen atoms in total. The quantitative estimate of drug-likeness (QED) is 0.198. The van der Waals surface area contributed by atoms with Gasteiger partial charge in [-0.1, -0.05) is 6.07 Å². The Kier molecular flexibility index (Phi) is 11.0. The lowest BCUT2D eigenvalue weighted by Gasteiger charge is -2.37. The van der Waals surface area contributed by atoms with Gasteiger partial charge in [0.15, 0.2) is 0 Å². The Hall–Kier alpha value is -3.37. The summed E-state index contributed by atoms with van der Waals surface area (Å²) >= 11 is 1.05. The maximum Gasteiger partial charge on any atom is 0.393 e. The molecule has 0 unspecified atom stereocenters. The zero-order chi connectivity index (χ0) is 35.6. The fourth-order valence-electron chi connectivity index (χ4n) is 6.99. The minimum absolute atomic E-state index is 0.0144. The van der Waals surface area contributed by atoms with Crippen molar-refractivity contribution >= 4 is 48.5 Å². The third-order valence-corrected chi connectivity index (χ3v) is 12.4. The van der Waals surface area contributed by atoms with Crippen LogP contribution >= 0.6 is 11.3 Å². The molecule has 0 amide bonds. The van der Waals surface area contributed by atoms with Crippen molar-refractivity contribution in [2.24, 2.45) is 0 Å². The number of hydrogen-bond acceptors (Lipinski definition) is 10. The summed E-state index contributed by atoms with van der Waals surface area (Å²) in [4.78, 5) is 13.9. The van der Waals surface area contributed by atoms with Crippen molar-refractivity contribution in [2.75, 3.05) is 57.7 Å². The summed E-state index contributed by atoms with van der Waals surface area (Å²) in [5.41, 5.74) is 3.91. The van der Waals surface area contributed by atoms with Crippen molar-refractivity contribution in [3.05, 3.63) is 52.3 Å². The van der Waals surface area contributed by atoms with E-state index in [0.29, 0.717) is 54.5 Å². The van der Waals surface area contributed by atoms with E-state index in [1.807, 2.05) is 6.07 Å². The summed E-state index contributed by atoms with van der Waals surface area (Å²) in [6, 6.07) is 10.3. The molecule has 3 aromatic heterocycles. The molecule has 5 heterocycles. The molecule has 50 heavy (non-hydrogen) atoms. The lowest BCUT2D eigenvalue weighted by molar-refractivity contribution is -0.126. The number of nitrogens with one attached hydrogen (secondary N) is 2. The second-order valence-electron chi connectivity index (χ2n) is 13.1. The molecule has 270 valence electrons. The van der Waals surface area contributed by atoms with Crippen LogP contribution in [0.2, 0.25) is 0 Å². The van der Waals surface area contributed by atoms with Crippen LogP contribution in [0.15, 0.2) is 30.6 Å². The van der Waals surface area contributed by atoms with Gasteiger partial charge < -0.3 is 15.0 Å². The number of piperidine rings is 1. The molecule has 2 aliphatic heterocycles. The molecule has 0 radical (unpaired) electrons. The summed E-state index contributed by atoms with van der Waals surface area (Å²) in [6.07, 6.45) is -2.13. The van der Waals surface area contributed by atoms with E-state index in [0.717, 1.165) is 60.3 Å². The second-order valence-corrected chi connectivity index (χ2v) is 16.0. The highest BCUT2D eigenvalue weighted by atomic mass is 32.2. The number of aliphatic hydroxyl groups is 1. The highest BCUT2D eigenvalue weighted by Crippen LogP contribution is 2.33. The second kappa shape index (κ2) is 15.1. The number of nitrogens with zero attached hydrogens (tertiary/aromatic N) is 7. The van der Waals surface area contributed by atoms with Gasteiger partial charge in [-0.15, -0.1) is 11.3 Å². The van der Waals surface area contributed by atoms with Crippen LogP contribution in [0.4, 0.5) is 19.0 Å². The van der Waals surface area contributed by atoms with Gasteiger partial charge in [0.2, 0.25) is 0 Å². The zero-order valence-corrected chi connectivity index (χ0v) is 29.7. The molecule has 0 bridgehead atoms. The van der Waals surface area contributed by atoms with Crippen LogP contribution in [-0.4, -0.2) is 113 Å². The van der Waals surface area contributed by atoms with Gasteiger partial charge in [0.1, 0.15) is 28.7 Å². The molecule has 1 atom stereocenters. The van der Waals surface area contributed by atoms with Gasteiger partial charge in [0.05, 0.1) is 18.4 Å². The Morgan fingerprint density at radius 2 is 1.84 bits per heavy atom. The average molecular weight is 734 g/mol. The molecule has 6 rings (SSSR count). The van der Waals surface area contributed by atoms with Crippen molar-refractivity contribution in [1.29, 1.82) is 5.26 Å². The number of benzene rings is 1. The van der Waals surface area contributed by atoms with Gasteiger partial charge in [-0.2, -0.15) is 35.9 Å². The minimum Gasteiger partial charge on any atom is -0.395 e. The maximum absolute atomic E-state index is 13.0. The number of fused-ring (bicyclic) bond motifs is 2. The molecular weight excluding hydrogens is 692 g/mol. The Morgan fingerprint density at radius 3 is 2.52 bits per heavy atom. The largest absolute Gasteiger partial charge is 0.395 e. The number of aromatic nitrogens is 3. The number of halogens is 3. The molecule has 1 aromatic carbocycles. The summed E-state index contributed by atoms with van der Waals surface area (Å²) < 4.78 is 69.7. The van der Waals surface area contributed by atoms with Gasteiger partial charge in [-0.3, -0.25) is 9.80 Å². The van der Waals surface area contributed by atoms with E-state index in [1.165, 1.54) is 16.2 Å². The molecule has 17 heteroatoms. The number of anilines is 1. The van der Waals surface area contributed by atoms with Crippen LogP contribution in [0, 0.1) is 18.3 Å². The van der Waals surface area contributed by atoms with Gasteiger partial charge >= 0.3 is 6.18 Å². The van der Waals surface area contributed by atoms with E-state index in [4.69, 9.17) is 5.11 Å². The molecular formula is C33H42F3N9O3S2. The molecule has 2 aliphatic rings. The SMILES string of the molecule is Cc1c(CN2CCC(Nc3ncnc4sc(CC(F)(F)F)cc34)CC2)ccc2c1cc(C#N)n2C[C@H](C)N1CCN(S(=O)(=O)NCCO)CC1. The first-order valence-electron chi connectivity index (χ1n) is 16.8. The van der Waals surface area contributed by atoms with E-state index in [1.54, 1.807) is 6.07 Å². The lowest BCUT2D eigenvalue weighted by Crippen LogP contribution is -2.54. The predicted molar refractivity (Wildman–Crippen MR) is 187 cm³/mol. The first-order valence-corrected chi connectivity index (χ1v) is 19.0. The number of rotatable bonds is 12. The van der Waals surface area contributed by atoms with Gasteiger partial charge in [-0.05, 0) is 56.0 Å². The van der Waals surface area contributed by atoms with Crippen LogP contribution in [-0.2, 0) is 29.7 Å².